The average molecular weight is 262 g/mol. The van der Waals surface area contributed by atoms with Crippen LogP contribution in [0.3, 0.4) is 0 Å². The number of hydrogen-bond acceptors (Lipinski definition) is 7. The molecule has 3 aromatic rings. The second-order valence-corrected chi connectivity index (χ2v) is 4.46. The molecule has 0 aliphatic rings. The van der Waals surface area contributed by atoms with E-state index in [4.69, 9.17) is 10.3 Å². The molecule has 18 heavy (non-hydrogen) atoms. The molecule has 0 aliphatic carbocycles. The lowest BCUT2D eigenvalue weighted by Crippen LogP contribution is -2.07. The number of nitrogens with zero attached hydrogens (tertiary/aromatic N) is 5. The molecule has 92 valence electrons. The van der Waals surface area contributed by atoms with Gasteiger partial charge in [0.2, 0.25) is 5.82 Å². The smallest absolute Gasteiger partial charge is 0.278 e. The highest BCUT2D eigenvalue weighted by Crippen LogP contribution is 2.23. The highest BCUT2D eigenvalue weighted by atomic mass is 32.1. The van der Waals surface area contributed by atoms with E-state index in [9.17, 15) is 0 Å². The number of hydrogen-bond donors (Lipinski definition) is 1. The van der Waals surface area contributed by atoms with Gasteiger partial charge in [0.1, 0.15) is 5.69 Å². The predicted octanol–water partition coefficient (Wildman–Crippen LogP) is 1.02. The molecule has 0 atom stereocenters. The Hall–Kier alpha value is -2.06. The van der Waals surface area contributed by atoms with Crippen molar-refractivity contribution in [2.75, 3.05) is 6.54 Å². The lowest BCUT2D eigenvalue weighted by Gasteiger charge is -1.94. The summed E-state index contributed by atoms with van der Waals surface area (Å²) in [5, 5.41) is 3.90. The molecular weight excluding hydrogens is 252 g/mol. The van der Waals surface area contributed by atoms with Crippen molar-refractivity contribution < 1.29 is 4.52 Å². The van der Waals surface area contributed by atoms with Crippen molar-refractivity contribution >= 4 is 11.3 Å². The number of imidazole rings is 1. The van der Waals surface area contributed by atoms with Gasteiger partial charge in [-0.15, -0.1) is 11.3 Å². The molecular formula is C10H10N6OS. The van der Waals surface area contributed by atoms with Gasteiger partial charge in [-0.1, -0.05) is 5.16 Å². The van der Waals surface area contributed by atoms with Gasteiger partial charge in [-0.2, -0.15) is 4.98 Å². The topological polar surface area (TPSA) is 95.7 Å². The van der Waals surface area contributed by atoms with Crippen LogP contribution in [0.5, 0.6) is 0 Å². The third-order valence-electron chi connectivity index (χ3n) is 2.32. The zero-order valence-corrected chi connectivity index (χ0v) is 10.2. The van der Waals surface area contributed by atoms with Gasteiger partial charge in [0.05, 0.1) is 16.7 Å². The quantitative estimate of drug-likeness (QED) is 0.754. The van der Waals surface area contributed by atoms with Crippen molar-refractivity contribution in [1.29, 1.82) is 0 Å². The predicted molar refractivity (Wildman–Crippen MR) is 65.7 cm³/mol. The summed E-state index contributed by atoms with van der Waals surface area (Å²) in [5.41, 5.74) is 7.84. The number of aromatic nitrogens is 5. The SMILES string of the molecule is NCCn1cnc(-c2nc(-c3cncs3)no2)c1. The highest BCUT2D eigenvalue weighted by molar-refractivity contribution is 7.13. The molecule has 0 aromatic carbocycles. The summed E-state index contributed by atoms with van der Waals surface area (Å²) in [4.78, 5) is 13.3. The lowest BCUT2D eigenvalue weighted by molar-refractivity contribution is 0.431. The van der Waals surface area contributed by atoms with Crippen molar-refractivity contribution in [1.82, 2.24) is 24.7 Å². The zero-order valence-electron chi connectivity index (χ0n) is 9.35. The molecule has 3 aromatic heterocycles. The first-order valence-electron chi connectivity index (χ1n) is 5.31. The van der Waals surface area contributed by atoms with Crippen LogP contribution in [0.15, 0.2) is 28.8 Å². The van der Waals surface area contributed by atoms with Crippen LogP contribution in [0.2, 0.25) is 0 Å². The summed E-state index contributed by atoms with van der Waals surface area (Å²) in [6, 6.07) is 0. The van der Waals surface area contributed by atoms with E-state index in [2.05, 4.69) is 20.1 Å². The molecule has 0 aliphatic heterocycles. The molecule has 7 nitrogen and oxygen atoms in total. The van der Waals surface area contributed by atoms with Crippen LogP contribution in [0, 0.1) is 0 Å². The van der Waals surface area contributed by atoms with Gasteiger partial charge in [-0.25, -0.2) is 4.98 Å². The van der Waals surface area contributed by atoms with E-state index in [1.165, 1.54) is 11.3 Å². The fourth-order valence-electron chi connectivity index (χ4n) is 1.50. The number of rotatable bonds is 4. The summed E-state index contributed by atoms with van der Waals surface area (Å²) in [7, 11) is 0. The molecule has 3 rings (SSSR count). The van der Waals surface area contributed by atoms with Crippen molar-refractivity contribution in [3.05, 3.63) is 24.2 Å². The summed E-state index contributed by atoms with van der Waals surface area (Å²) < 4.78 is 7.06. The van der Waals surface area contributed by atoms with E-state index in [1.807, 2.05) is 10.8 Å². The Morgan fingerprint density at radius 2 is 2.39 bits per heavy atom. The van der Waals surface area contributed by atoms with E-state index in [0.29, 0.717) is 30.5 Å². The van der Waals surface area contributed by atoms with E-state index in [0.717, 1.165) is 4.88 Å². The minimum atomic E-state index is 0.397. The molecule has 0 radical (unpaired) electrons. The van der Waals surface area contributed by atoms with Gasteiger partial charge in [0, 0.05) is 25.5 Å². The molecule has 8 heteroatoms. The van der Waals surface area contributed by atoms with E-state index >= 15 is 0 Å². The normalized spacial score (nSPS) is 10.9. The first kappa shape index (κ1) is 11.1. The number of nitrogens with two attached hydrogens (primary N) is 1. The first-order valence-corrected chi connectivity index (χ1v) is 6.19. The van der Waals surface area contributed by atoms with Crippen molar-refractivity contribution in [3.8, 4) is 22.3 Å². The molecule has 3 heterocycles. The fourth-order valence-corrected chi connectivity index (χ4v) is 2.04. The largest absolute Gasteiger partial charge is 0.335 e. The van der Waals surface area contributed by atoms with Crippen molar-refractivity contribution in [2.45, 2.75) is 6.54 Å². The van der Waals surface area contributed by atoms with Crippen LogP contribution in [0.1, 0.15) is 0 Å². The van der Waals surface area contributed by atoms with Crippen LogP contribution in [-0.4, -0.2) is 31.2 Å². The van der Waals surface area contributed by atoms with Crippen LogP contribution in [0.4, 0.5) is 0 Å². The Morgan fingerprint density at radius 1 is 1.44 bits per heavy atom. The van der Waals surface area contributed by atoms with Crippen molar-refractivity contribution in [2.24, 2.45) is 5.73 Å². The Balaban J connectivity index is 1.88. The minimum Gasteiger partial charge on any atom is -0.335 e. The summed E-state index contributed by atoms with van der Waals surface area (Å²) >= 11 is 1.46. The maximum atomic E-state index is 5.47. The van der Waals surface area contributed by atoms with Crippen LogP contribution in [0.25, 0.3) is 22.3 Å². The van der Waals surface area contributed by atoms with E-state index < -0.39 is 0 Å². The fraction of sp³-hybridized carbons (Fsp3) is 0.200. The van der Waals surface area contributed by atoms with E-state index in [-0.39, 0.29) is 0 Å². The summed E-state index contributed by atoms with van der Waals surface area (Å²) in [6.45, 7) is 1.27. The van der Waals surface area contributed by atoms with Crippen molar-refractivity contribution in [3.63, 3.8) is 0 Å². The third kappa shape index (κ3) is 2.03. The average Bonchev–Trinajstić information content (AvgIpc) is 3.10. The number of thiazole rings is 1. The lowest BCUT2D eigenvalue weighted by atomic mass is 10.4. The van der Waals surface area contributed by atoms with Gasteiger partial charge in [-0.05, 0) is 0 Å². The van der Waals surface area contributed by atoms with Crippen LogP contribution >= 0.6 is 11.3 Å². The second kappa shape index (κ2) is 4.67. The zero-order chi connectivity index (χ0) is 12.4. The van der Waals surface area contributed by atoms with Gasteiger partial charge in [-0.3, -0.25) is 4.98 Å². The molecule has 0 unspecified atom stereocenters. The standard InChI is InChI=1S/C10H10N6OS/c11-1-2-16-4-7(13-5-16)10-14-9(15-17-10)8-3-12-6-18-8/h3-6H,1-2,11H2. The minimum absolute atomic E-state index is 0.397. The molecule has 0 bridgehead atoms. The maximum absolute atomic E-state index is 5.47. The second-order valence-electron chi connectivity index (χ2n) is 3.57. The van der Waals surface area contributed by atoms with Crippen LogP contribution in [-0.2, 0) is 6.54 Å². The van der Waals surface area contributed by atoms with Crippen LogP contribution < -0.4 is 5.73 Å². The van der Waals surface area contributed by atoms with Gasteiger partial charge < -0.3 is 14.8 Å². The summed E-state index contributed by atoms with van der Waals surface area (Å²) in [5.74, 6) is 0.926. The Kier molecular flexibility index (Phi) is 2.87. The van der Waals surface area contributed by atoms with E-state index in [1.54, 1.807) is 18.0 Å². The first-order chi connectivity index (χ1) is 8.86. The molecule has 0 spiro atoms. The molecule has 0 saturated carbocycles. The summed E-state index contributed by atoms with van der Waals surface area (Å²) in [6.07, 6.45) is 5.22. The molecule has 0 amide bonds. The Morgan fingerprint density at radius 3 is 3.17 bits per heavy atom. The monoisotopic (exact) mass is 262 g/mol. The Bertz CT molecular complexity index is 628. The van der Waals surface area contributed by atoms with Gasteiger partial charge in [0.15, 0.2) is 0 Å². The molecule has 0 fully saturated rings. The van der Waals surface area contributed by atoms with Gasteiger partial charge >= 0.3 is 0 Å². The highest BCUT2D eigenvalue weighted by Gasteiger charge is 2.13. The Labute approximate surface area is 106 Å². The van der Waals surface area contributed by atoms with Gasteiger partial charge in [0.25, 0.3) is 5.89 Å². The molecule has 0 saturated heterocycles. The molecule has 2 N–H and O–H groups in total. The maximum Gasteiger partial charge on any atom is 0.278 e. The third-order valence-corrected chi connectivity index (χ3v) is 3.09.